The Hall–Kier alpha value is -3.63. The smallest absolute Gasteiger partial charge is 0.387 e. The number of rotatable bonds is 5. The van der Waals surface area contributed by atoms with Gasteiger partial charge in [0.15, 0.2) is 22.8 Å². The Labute approximate surface area is 167 Å². The molecule has 0 aliphatic rings. The molecule has 4 rings (SSSR count). The molecule has 0 spiro atoms. The van der Waals surface area contributed by atoms with Gasteiger partial charge in [-0.15, -0.1) is 0 Å². The van der Waals surface area contributed by atoms with Crippen molar-refractivity contribution in [3.8, 4) is 22.6 Å². The number of alkyl halides is 2. The predicted molar refractivity (Wildman–Crippen MR) is 106 cm³/mol. The number of H-pyrrole nitrogens is 2. The van der Waals surface area contributed by atoms with Crippen molar-refractivity contribution in [1.29, 1.82) is 0 Å². The van der Waals surface area contributed by atoms with Crippen LogP contribution in [0.1, 0.15) is 19.9 Å². The average molecular weight is 419 g/mol. The van der Waals surface area contributed by atoms with Crippen LogP contribution in [0.3, 0.4) is 0 Å². The number of hydrogen-bond donors (Lipinski definition) is 2. The minimum atomic E-state index is -3.02. The molecule has 0 radical (unpaired) electrons. The van der Waals surface area contributed by atoms with Gasteiger partial charge in [0.05, 0.1) is 18.0 Å². The molecule has 0 atom stereocenters. The molecular formula is C19H19F2N5O4. The fourth-order valence-corrected chi connectivity index (χ4v) is 3.54. The lowest BCUT2D eigenvalue weighted by atomic mass is 10.0. The van der Waals surface area contributed by atoms with E-state index in [2.05, 4.69) is 19.8 Å². The van der Waals surface area contributed by atoms with Crippen LogP contribution in [-0.4, -0.2) is 38.0 Å². The van der Waals surface area contributed by atoms with E-state index in [9.17, 15) is 18.4 Å². The zero-order chi connectivity index (χ0) is 21.7. The third-order valence-corrected chi connectivity index (χ3v) is 4.88. The molecule has 158 valence electrons. The Balaban J connectivity index is 2.13. The predicted octanol–water partition coefficient (Wildman–Crippen LogP) is 2.76. The van der Waals surface area contributed by atoms with Crippen LogP contribution in [0.15, 0.2) is 27.8 Å². The number of imidazole rings is 1. The maximum absolute atomic E-state index is 12.9. The molecule has 2 N–H and O–H groups in total. The van der Waals surface area contributed by atoms with Crippen LogP contribution in [0.4, 0.5) is 8.78 Å². The number of benzene rings is 1. The Morgan fingerprint density at radius 2 is 1.90 bits per heavy atom. The molecule has 1 aromatic carbocycles. The molecular weight excluding hydrogens is 400 g/mol. The molecule has 9 nitrogen and oxygen atoms in total. The number of aromatic nitrogens is 5. The summed E-state index contributed by atoms with van der Waals surface area (Å²) in [7, 11) is 2.88. The Morgan fingerprint density at radius 1 is 1.17 bits per heavy atom. The summed E-state index contributed by atoms with van der Waals surface area (Å²) in [5.41, 5.74) is 1.19. The van der Waals surface area contributed by atoms with E-state index in [1.54, 1.807) is 11.7 Å². The number of methoxy groups -OCH3 is 1. The molecule has 11 heteroatoms. The Bertz CT molecular complexity index is 1380. The number of halogens is 2. The molecule has 0 aliphatic heterocycles. The van der Waals surface area contributed by atoms with Crippen molar-refractivity contribution >= 4 is 22.2 Å². The summed E-state index contributed by atoms with van der Waals surface area (Å²) in [6.07, 6.45) is 0. The van der Waals surface area contributed by atoms with Gasteiger partial charge in [-0.3, -0.25) is 24.1 Å². The van der Waals surface area contributed by atoms with Crippen molar-refractivity contribution in [2.75, 3.05) is 7.11 Å². The van der Waals surface area contributed by atoms with Gasteiger partial charge in [0.1, 0.15) is 0 Å². The van der Waals surface area contributed by atoms with E-state index < -0.39 is 12.3 Å². The van der Waals surface area contributed by atoms with E-state index in [-0.39, 0.29) is 28.5 Å². The fourth-order valence-electron chi connectivity index (χ4n) is 3.54. The van der Waals surface area contributed by atoms with Crippen molar-refractivity contribution < 1.29 is 18.3 Å². The second-order valence-corrected chi connectivity index (χ2v) is 7.02. The summed E-state index contributed by atoms with van der Waals surface area (Å²) in [5.74, 6) is -0.0828. The highest BCUT2D eigenvalue weighted by Crippen LogP contribution is 2.38. The van der Waals surface area contributed by atoms with E-state index in [4.69, 9.17) is 4.74 Å². The van der Waals surface area contributed by atoms with Crippen LogP contribution >= 0.6 is 0 Å². The van der Waals surface area contributed by atoms with Crippen LogP contribution in [0.25, 0.3) is 33.3 Å². The highest BCUT2D eigenvalue weighted by molar-refractivity contribution is 6.06. The van der Waals surface area contributed by atoms with E-state index >= 15 is 0 Å². The van der Waals surface area contributed by atoms with Gasteiger partial charge in [0, 0.05) is 18.7 Å². The monoisotopic (exact) mass is 419 g/mol. The summed E-state index contributed by atoms with van der Waals surface area (Å²) in [6, 6.07) is 4.24. The topological polar surface area (TPSA) is 107 Å². The lowest BCUT2D eigenvalue weighted by Gasteiger charge is -2.13. The lowest BCUT2D eigenvalue weighted by Crippen LogP contribution is -2.12. The van der Waals surface area contributed by atoms with Crippen molar-refractivity contribution in [2.24, 2.45) is 7.05 Å². The first kappa shape index (κ1) is 19.7. The van der Waals surface area contributed by atoms with Gasteiger partial charge >= 0.3 is 12.3 Å². The first-order valence-electron chi connectivity index (χ1n) is 9.09. The van der Waals surface area contributed by atoms with Gasteiger partial charge in [-0.25, -0.2) is 9.78 Å². The summed E-state index contributed by atoms with van der Waals surface area (Å²) in [5, 5.41) is 3.04. The fraction of sp³-hybridized carbons (Fsp3) is 0.316. The summed E-state index contributed by atoms with van der Waals surface area (Å²) in [4.78, 5) is 32.3. The highest BCUT2D eigenvalue weighted by Gasteiger charge is 2.23. The molecule has 3 aromatic heterocycles. The maximum Gasteiger partial charge on any atom is 0.387 e. The van der Waals surface area contributed by atoms with Crippen LogP contribution < -0.4 is 20.7 Å². The van der Waals surface area contributed by atoms with E-state index in [1.807, 2.05) is 13.8 Å². The Kier molecular flexibility index (Phi) is 4.60. The molecule has 0 unspecified atom stereocenters. The number of ether oxygens (including phenoxy) is 2. The van der Waals surface area contributed by atoms with Crippen molar-refractivity contribution in [2.45, 2.75) is 26.5 Å². The third-order valence-electron chi connectivity index (χ3n) is 4.88. The van der Waals surface area contributed by atoms with Gasteiger partial charge in [-0.2, -0.15) is 8.78 Å². The molecule has 3 heterocycles. The first-order chi connectivity index (χ1) is 14.2. The van der Waals surface area contributed by atoms with Crippen molar-refractivity contribution in [1.82, 2.24) is 24.3 Å². The number of aromatic amines is 2. The molecule has 0 amide bonds. The highest BCUT2D eigenvalue weighted by atomic mass is 19.3. The number of nitrogens with zero attached hydrogens (tertiary/aromatic N) is 3. The third kappa shape index (κ3) is 2.93. The van der Waals surface area contributed by atoms with E-state index in [0.717, 1.165) is 0 Å². The number of aryl methyl sites for hydroxylation is 1. The van der Waals surface area contributed by atoms with E-state index in [1.165, 1.54) is 29.9 Å². The van der Waals surface area contributed by atoms with Crippen LogP contribution in [0.2, 0.25) is 0 Å². The van der Waals surface area contributed by atoms with E-state index in [0.29, 0.717) is 27.9 Å². The maximum atomic E-state index is 12.9. The molecule has 0 saturated heterocycles. The Morgan fingerprint density at radius 3 is 2.53 bits per heavy atom. The van der Waals surface area contributed by atoms with Crippen LogP contribution in [-0.2, 0) is 7.05 Å². The number of fused-ring (bicyclic) bond motifs is 2. The number of hydrogen-bond acceptors (Lipinski definition) is 5. The average Bonchev–Trinajstić information content (AvgIpc) is 3.17. The van der Waals surface area contributed by atoms with Crippen LogP contribution in [0, 0.1) is 0 Å². The van der Waals surface area contributed by atoms with Gasteiger partial charge < -0.3 is 9.47 Å². The summed E-state index contributed by atoms with van der Waals surface area (Å²) in [6.45, 7) is 0.750. The normalized spacial score (nSPS) is 11.9. The molecule has 0 bridgehead atoms. The SMILES string of the molecule is COc1cc(-c2c3c(=O)[nH]n(C(C)C)c3nc3[nH]c(=O)n(C)c23)ccc1OC(F)F. The summed E-state index contributed by atoms with van der Waals surface area (Å²) < 4.78 is 38.0. The number of nitrogens with one attached hydrogen (secondary N) is 2. The molecule has 0 aliphatic carbocycles. The molecule has 4 aromatic rings. The zero-order valence-electron chi connectivity index (χ0n) is 16.6. The minimum absolute atomic E-state index is 0.0613. The quantitative estimate of drug-likeness (QED) is 0.517. The first-order valence-corrected chi connectivity index (χ1v) is 9.09. The second-order valence-electron chi connectivity index (χ2n) is 7.02. The molecule has 0 fully saturated rings. The zero-order valence-corrected chi connectivity index (χ0v) is 16.6. The molecule has 30 heavy (non-hydrogen) atoms. The minimum Gasteiger partial charge on any atom is -0.493 e. The van der Waals surface area contributed by atoms with Gasteiger partial charge in [-0.05, 0) is 31.5 Å². The standard InChI is InChI=1S/C19H19F2N5O4/c1-8(2)26-16-13(17(27)24-26)12(14-15(22-16)23-19(28)25(14)3)9-5-6-10(30-18(20)21)11(7-9)29-4/h5-8,18H,1-4H3,(H,24,27)(H,22,23,28). The largest absolute Gasteiger partial charge is 0.493 e. The second kappa shape index (κ2) is 7.01. The lowest BCUT2D eigenvalue weighted by molar-refractivity contribution is -0.0512. The van der Waals surface area contributed by atoms with Gasteiger partial charge in [0.25, 0.3) is 5.56 Å². The molecule has 0 saturated carbocycles. The summed E-state index contributed by atoms with van der Waals surface area (Å²) >= 11 is 0. The van der Waals surface area contributed by atoms with Gasteiger partial charge in [0.2, 0.25) is 0 Å². The van der Waals surface area contributed by atoms with Crippen LogP contribution in [0.5, 0.6) is 11.5 Å². The number of pyridine rings is 1. The van der Waals surface area contributed by atoms with Gasteiger partial charge in [-0.1, -0.05) is 6.07 Å². The van der Waals surface area contributed by atoms with Crippen molar-refractivity contribution in [3.63, 3.8) is 0 Å². The van der Waals surface area contributed by atoms with Crippen molar-refractivity contribution in [3.05, 3.63) is 39.0 Å².